The summed E-state index contributed by atoms with van der Waals surface area (Å²) in [5.41, 5.74) is -0.250. The van der Waals surface area contributed by atoms with Crippen molar-refractivity contribution in [1.29, 1.82) is 0 Å². The zero-order valence-corrected chi connectivity index (χ0v) is 11.3. The van der Waals surface area contributed by atoms with Gasteiger partial charge in [-0.2, -0.15) is 0 Å². The monoisotopic (exact) mass is 244 g/mol. The van der Waals surface area contributed by atoms with Crippen molar-refractivity contribution < 1.29 is 14.3 Å². The summed E-state index contributed by atoms with van der Waals surface area (Å²) in [6.45, 7) is 9.05. The van der Waals surface area contributed by atoms with E-state index in [4.69, 9.17) is 9.47 Å². The summed E-state index contributed by atoms with van der Waals surface area (Å²) >= 11 is 0. The molecule has 1 aliphatic rings. The minimum absolute atomic E-state index is 0.0988. The van der Waals surface area contributed by atoms with Gasteiger partial charge in [0.25, 0.3) is 0 Å². The maximum atomic E-state index is 12.0. The van der Waals surface area contributed by atoms with Crippen molar-refractivity contribution >= 4 is 5.91 Å². The second-order valence-corrected chi connectivity index (χ2v) is 5.13. The molecule has 1 amide bonds. The number of methoxy groups -OCH3 is 1. The van der Waals surface area contributed by atoms with Gasteiger partial charge in [-0.3, -0.25) is 4.79 Å². The lowest BCUT2D eigenvalue weighted by molar-refractivity contribution is -0.157. The first-order chi connectivity index (χ1) is 7.94. The molecule has 1 fully saturated rings. The van der Waals surface area contributed by atoms with Crippen LogP contribution in [0, 0.1) is 0 Å². The summed E-state index contributed by atoms with van der Waals surface area (Å²) in [5, 5.41) is 3.07. The Kier molecular flexibility index (Phi) is 5.36. The van der Waals surface area contributed by atoms with E-state index in [1.807, 2.05) is 25.7 Å². The first kappa shape index (κ1) is 14.4. The molecule has 0 aromatic carbocycles. The molecule has 0 radical (unpaired) electrons. The summed E-state index contributed by atoms with van der Waals surface area (Å²) in [4.78, 5) is 13.8. The molecule has 5 nitrogen and oxygen atoms in total. The largest absolute Gasteiger partial charge is 0.383 e. The number of amides is 1. The lowest BCUT2D eigenvalue weighted by Gasteiger charge is -2.41. The molecule has 1 saturated heterocycles. The maximum absolute atomic E-state index is 12.0. The number of nitrogens with zero attached hydrogens (tertiary/aromatic N) is 1. The van der Waals surface area contributed by atoms with Gasteiger partial charge in [0.1, 0.15) is 0 Å². The molecular weight excluding hydrogens is 220 g/mol. The molecule has 0 saturated carbocycles. The highest BCUT2D eigenvalue weighted by Gasteiger charge is 2.33. The third-order valence-electron chi connectivity index (χ3n) is 2.68. The first-order valence-electron chi connectivity index (χ1n) is 6.10. The van der Waals surface area contributed by atoms with Gasteiger partial charge in [0, 0.05) is 26.7 Å². The minimum atomic E-state index is -0.250. The maximum Gasteiger partial charge on any atom is 0.236 e. The normalized spacial score (nSPS) is 23.8. The molecule has 1 rings (SSSR count). The van der Waals surface area contributed by atoms with Gasteiger partial charge in [-0.25, -0.2) is 0 Å². The topological polar surface area (TPSA) is 50.8 Å². The van der Waals surface area contributed by atoms with Crippen LogP contribution in [0.1, 0.15) is 20.8 Å². The number of carbonyl (C=O) groups excluding carboxylic acids is 1. The second kappa shape index (κ2) is 6.33. The third-order valence-corrected chi connectivity index (χ3v) is 2.68. The van der Waals surface area contributed by atoms with Gasteiger partial charge in [0.15, 0.2) is 0 Å². The highest BCUT2D eigenvalue weighted by Crippen LogP contribution is 2.20. The summed E-state index contributed by atoms with van der Waals surface area (Å²) < 4.78 is 10.7. The zero-order valence-electron chi connectivity index (χ0n) is 11.3. The van der Waals surface area contributed by atoms with Crippen LogP contribution in [-0.2, 0) is 14.3 Å². The van der Waals surface area contributed by atoms with E-state index >= 15 is 0 Å². The Bertz CT molecular complexity index is 256. The summed E-state index contributed by atoms with van der Waals surface area (Å²) in [7, 11) is 1.65. The van der Waals surface area contributed by atoms with Crippen molar-refractivity contribution in [3.05, 3.63) is 0 Å². The van der Waals surface area contributed by atoms with E-state index < -0.39 is 0 Å². The molecule has 0 aromatic rings. The first-order valence-corrected chi connectivity index (χ1v) is 6.10. The number of ether oxygens (including phenoxy) is 2. The molecular formula is C12H24N2O3. The Labute approximate surface area is 103 Å². The third kappa shape index (κ3) is 5.02. The Morgan fingerprint density at radius 3 is 2.88 bits per heavy atom. The molecule has 5 heteroatoms. The van der Waals surface area contributed by atoms with Gasteiger partial charge in [0.2, 0.25) is 5.91 Å². The minimum Gasteiger partial charge on any atom is -0.383 e. The molecule has 0 unspecified atom stereocenters. The summed E-state index contributed by atoms with van der Waals surface area (Å²) in [6.07, 6.45) is 0.0988. The van der Waals surface area contributed by atoms with Gasteiger partial charge in [-0.15, -0.1) is 0 Å². The van der Waals surface area contributed by atoms with Gasteiger partial charge in [-0.1, -0.05) is 0 Å². The van der Waals surface area contributed by atoms with Crippen LogP contribution < -0.4 is 5.32 Å². The molecule has 0 aromatic heterocycles. The van der Waals surface area contributed by atoms with Crippen molar-refractivity contribution in [3.63, 3.8) is 0 Å². The van der Waals surface area contributed by atoms with Gasteiger partial charge < -0.3 is 19.7 Å². The van der Waals surface area contributed by atoms with Gasteiger partial charge in [0.05, 0.1) is 24.9 Å². The smallest absolute Gasteiger partial charge is 0.236 e. The molecule has 1 atom stereocenters. The van der Waals surface area contributed by atoms with Crippen LogP contribution in [0.15, 0.2) is 0 Å². The molecule has 100 valence electrons. The van der Waals surface area contributed by atoms with Crippen LogP contribution >= 0.6 is 0 Å². The van der Waals surface area contributed by atoms with Crippen LogP contribution in [-0.4, -0.2) is 62.4 Å². The standard InChI is InChI=1S/C12H24N2O3/c1-10-8-14(9-12(2,3)17-10)11(15)7-13-5-6-16-4/h10,13H,5-9H2,1-4H3/t10-/m0/s1. The summed E-state index contributed by atoms with van der Waals surface area (Å²) in [6, 6.07) is 0. The van der Waals surface area contributed by atoms with E-state index in [0.29, 0.717) is 32.8 Å². The van der Waals surface area contributed by atoms with Crippen LogP contribution in [0.5, 0.6) is 0 Å². The van der Waals surface area contributed by atoms with Crippen molar-refractivity contribution in [1.82, 2.24) is 10.2 Å². The number of hydrogen-bond donors (Lipinski definition) is 1. The molecule has 1 aliphatic heterocycles. The number of nitrogens with one attached hydrogen (secondary N) is 1. The fourth-order valence-electron chi connectivity index (χ4n) is 2.13. The lowest BCUT2D eigenvalue weighted by atomic mass is 10.1. The Morgan fingerprint density at radius 1 is 1.59 bits per heavy atom. The van der Waals surface area contributed by atoms with Crippen molar-refractivity contribution in [2.45, 2.75) is 32.5 Å². The molecule has 17 heavy (non-hydrogen) atoms. The quantitative estimate of drug-likeness (QED) is 0.704. The van der Waals surface area contributed by atoms with Crippen molar-refractivity contribution in [2.24, 2.45) is 0 Å². The number of morpholine rings is 1. The van der Waals surface area contributed by atoms with E-state index in [0.717, 1.165) is 0 Å². The Hall–Kier alpha value is -0.650. The van der Waals surface area contributed by atoms with Crippen LogP contribution in [0.2, 0.25) is 0 Å². The summed E-state index contributed by atoms with van der Waals surface area (Å²) in [5.74, 6) is 0.129. The van der Waals surface area contributed by atoms with E-state index in [-0.39, 0.29) is 17.6 Å². The highest BCUT2D eigenvalue weighted by molar-refractivity contribution is 5.78. The number of hydrogen-bond acceptors (Lipinski definition) is 4. The average molecular weight is 244 g/mol. The van der Waals surface area contributed by atoms with Crippen LogP contribution in [0.25, 0.3) is 0 Å². The zero-order chi connectivity index (χ0) is 12.9. The number of carbonyl (C=O) groups is 1. The molecule has 1 heterocycles. The Balaban J connectivity index is 2.35. The lowest BCUT2D eigenvalue weighted by Crippen LogP contribution is -2.55. The Morgan fingerprint density at radius 2 is 2.29 bits per heavy atom. The van der Waals surface area contributed by atoms with E-state index in [9.17, 15) is 4.79 Å². The van der Waals surface area contributed by atoms with Crippen molar-refractivity contribution in [2.75, 3.05) is 39.9 Å². The average Bonchev–Trinajstić information content (AvgIpc) is 2.21. The fourth-order valence-corrected chi connectivity index (χ4v) is 2.13. The fraction of sp³-hybridized carbons (Fsp3) is 0.917. The predicted molar refractivity (Wildman–Crippen MR) is 66.0 cm³/mol. The van der Waals surface area contributed by atoms with E-state index in [1.165, 1.54) is 0 Å². The van der Waals surface area contributed by atoms with Gasteiger partial charge in [-0.05, 0) is 20.8 Å². The SMILES string of the molecule is COCCNCC(=O)N1C[C@H](C)OC(C)(C)C1. The highest BCUT2D eigenvalue weighted by atomic mass is 16.5. The van der Waals surface area contributed by atoms with Crippen LogP contribution in [0.3, 0.4) is 0 Å². The van der Waals surface area contributed by atoms with Crippen LogP contribution in [0.4, 0.5) is 0 Å². The predicted octanol–water partition coefficient (Wildman–Crippen LogP) is 0.248. The molecule has 0 bridgehead atoms. The molecule has 1 N–H and O–H groups in total. The molecule has 0 spiro atoms. The molecule has 0 aliphatic carbocycles. The van der Waals surface area contributed by atoms with Crippen molar-refractivity contribution in [3.8, 4) is 0 Å². The second-order valence-electron chi connectivity index (χ2n) is 5.13. The van der Waals surface area contributed by atoms with E-state index in [1.54, 1.807) is 7.11 Å². The number of rotatable bonds is 5. The van der Waals surface area contributed by atoms with Gasteiger partial charge >= 0.3 is 0 Å². The van der Waals surface area contributed by atoms with E-state index in [2.05, 4.69) is 5.32 Å².